The second-order valence-electron chi connectivity index (χ2n) is 4.70. The van der Waals surface area contributed by atoms with Gasteiger partial charge in [0.05, 0.1) is 10.0 Å². The first-order chi connectivity index (χ1) is 7.14. The van der Waals surface area contributed by atoms with Crippen molar-refractivity contribution < 1.29 is 0 Å². The maximum Gasteiger partial charge on any atom is 0.0595 e. The molecule has 1 saturated heterocycles. The molecule has 1 heterocycles. The van der Waals surface area contributed by atoms with Crippen LogP contribution in [0.25, 0.3) is 0 Å². The number of hydrogen-bond acceptors (Lipinski definition) is 1. The molecule has 1 aliphatic carbocycles. The van der Waals surface area contributed by atoms with Crippen molar-refractivity contribution >= 4 is 23.2 Å². The first kappa shape index (κ1) is 9.95. The fourth-order valence-electron chi connectivity index (χ4n) is 3.02. The standard InChI is InChI=1S/C12H13Cl2N/c1-7-12(5-9(12)6-15-7)8-2-3-10(13)11(14)4-8/h2-4,7,9,15H,5-6H2,1H3/t7-,9?,12-/m1/s1. The Bertz CT molecular complexity index is 418. The van der Waals surface area contributed by atoms with E-state index >= 15 is 0 Å². The normalized spacial score (nSPS) is 37.8. The monoisotopic (exact) mass is 241 g/mol. The van der Waals surface area contributed by atoms with Crippen LogP contribution in [0, 0.1) is 5.92 Å². The molecule has 0 spiro atoms. The van der Waals surface area contributed by atoms with Crippen molar-refractivity contribution in [1.29, 1.82) is 0 Å². The number of rotatable bonds is 1. The predicted octanol–water partition coefficient (Wildman–Crippen LogP) is 3.24. The minimum atomic E-state index is 0.341. The maximum atomic E-state index is 6.07. The van der Waals surface area contributed by atoms with Crippen LogP contribution < -0.4 is 5.32 Å². The third-order valence-electron chi connectivity index (χ3n) is 4.05. The summed E-state index contributed by atoms with van der Waals surface area (Å²) < 4.78 is 0. The number of fused-ring (bicyclic) bond motifs is 1. The molecule has 15 heavy (non-hydrogen) atoms. The van der Waals surface area contributed by atoms with Crippen LogP contribution in [0.1, 0.15) is 18.9 Å². The number of benzene rings is 1. The van der Waals surface area contributed by atoms with E-state index in [9.17, 15) is 0 Å². The van der Waals surface area contributed by atoms with E-state index in [4.69, 9.17) is 23.2 Å². The van der Waals surface area contributed by atoms with Gasteiger partial charge in [-0.25, -0.2) is 0 Å². The molecular formula is C12H13Cl2N. The summed E-state index contributed by atoms with van der Waals surface area (Å²) in [6.45, 7) is 3.40. The Hall–Kier alpha value is -0.240. The molecule has 1 saturated carbocycles. The van der Waals surface area contributed by atoms with Gasteiger partial charge in [-0.15, -0.1) is 0 Å². The lowest BCUT2D eigenvalue weighted by Crippen LogP contribution is -2.31. The molecule has 1 nitrogen and oxygen atoms in total. The molecular weight excluding hydrogens is 229 g/mol. The molecule has 1 aliphatic heterocycles. The molecule has 2 fully saturated rings. The van der Waals surface area contributed by atoms with Gasteiger partial charge in [0.25, 0.3) is 0 Å². The Labute approximate surface area is 99.8 Å². The molecule has 1 aromatic carbocycles. The summed E-state index contributed by atoms with van der Waals surface area (Å²) in [7, 11) is 0. The SMILES string of the molecule is C[C@H]1NCC2C[C@@]21c1ccc(Cl)c(Cl)c1. The summed E-state index contributed by atoms with van der Waals surface area (Å²) in [5, 5.41) is 4.84. The topological polar surface area (TPSA) is 12.0 Å². The summed E-state index contributed by atoms with van der Waals surface area (Å²) in [6.07, 6.45) is 1.29. The predicted molar refractivity (Wildman–Crippen MR) is 63.7 cm³/mol. The Morgan fingerprint density at radius 2 is 2.13 bits per heavy atom. The third kappa shape index (κ3) is 1.27. The average Bonchev–Trinajstić information content (AvgIpc) is 2.87. The van der Waals surface area contributed by atoms with E-state index in [0.717, 1.165) is 12.5 Å². The zero-order valence-electron chi connectivity index (χ0n) is 8.56. The first-order valence-electron chi connectivity index (χ1n) is 5.33. The van der Waals surface area contributed by atoms with Gasteiger partial charge >= 0.3 is 0 Å². The molecule has 2 aliphatic rings. The van der Waals surface area contributed by atoms with Crippen molar-refractivity contribution in [2.24, 2.45) is 5.92 Å². The fourth-order valence-corrected chi connectivity index (χ4v) is 3.32. The fraction of sp³-hybridized carbons (Fsp3) is 0.500. The highest BCUT2D eigenvalue weighted by molar-refractivity contribution is 6.42. The first-order valence-corrected chi connectivity index (χ1v) is 6.09. The van der Waals surface area contributed by atoms with E-state index < -0.39 is 0 Å². The van der Waals surface area contributed by atoms with Gasteiger partial charge in [0, 0.05) is 11.5 Å². The third-order valence-corrected chi connectivity index (χ3v) is 4.79. The van der Waals surface area contributed by atoms with Gasteiger partial charge in [0.1, 0.15) is 0 Å². The second kappa shape index (κ2) is 3.13. The molecule has 0 bridgehead atoms. The van der Waals surface area contributed by atoms with E-state index in [1.165, 1.54) is 12.0 Å². The quantitative estimate of drug-likeness (QED) is 0.797. The smallest absolute Gasteiger partial charge is 0.0595 e. The zero-order chi connectivity index (χ0) is 10.6. The minimum Gasteiger partial charge on any atom is -0.313 e. The van der Waals surface area contributed by atoms with Crippen molar-refractivity contribution in [1.82, 2.24) is 5.32 Å². The van der Waals surface area contributed by atoms with Crippen molar-refractivity contribution in [3.63, 3.8) is 0 Å². The molecule has 1 N–H and O–H groups in total. The second-order valence-corrected chi connectivity index (χ2v) is 5.51. The maximum absolute atomic E-state index is 6.07. The average molecular weight is 242 g/mol. The molecule has 1 unspecified atom stereocenters. The van der Waals surface area contributed by atoms with E-state index in [-0.39, 0.29) is 0 Å². The number of piperidine rings is 1. The van der Waals surface area contributed by atoms with E-state index in [2.05, 4.69) is 18.3 Å². The summed E-state index contributed by atoms with van der Waals surface area (Å²) in [5.41, 5.74) is 1.69. The van der Waals surface area contributed by atoms with Gasteiger partial charge in [-0.1, -0.05) is 29.3 Å². The lowest BCUT2D eigenvalue weighted by Gasteiger charge is -2.20. The van der Waals surface area contributed by atoms with Gasteiger partial charge in [-0.3, -0.25) is 0 Å². The molecule has 0 aromatic heterocycles. The van der Waals surface area contributed by atoms with Crippen molar-refractivity contribution in [2.45, 2.75) is 24.8 Å². The Morgan fingerprint density at radius 3 is 2.67 bits per heavy atom. The van der Waals surface area contributed by atoms with Gasteiger partial charge in [-0.2, -0.15) is 0 Å². The van der Waals surface area contributed by atoms with E-state index in [1.807, 2.05) is 12.1 Å². The van der Waals surface area contributed by atoms with Crippen LogP contribution in [-0.2, 0) is 5.41 Å². The van der Waals surface area contributed by atoms with Crippen LogP contribution in [-0.4, -0.2) is 12.6 Å². The summed E-state index contributed by atoms with van der Waals surface area (Å²) in [5.74, 6) is 0.796. The van der Waals surface area contributed by atoms with Gasteiger partial charge < -0.3 is 5.32 Å². The molecule has 80 valence electrons. The van der Waals surface area contributed by atoms with Crippen LogP contribution in [0.2, 0.25) is 10.0 Å². The summed E-state index contributed by atoms with van der Waals surface area (Å²) in [6, 6.07) is 6.62. The van der Waals surface area contributed by atoms with Crippen LogP contribution in [0.4, 0.5) is 0 Å². The lowest BCUT2D eigenvalue weighted by atomic mass is 9.89. The molecule has 3 heteroatoms. The minimum absolute atomic E-state index is 0.341. The molecule has 3 atom stereocenters. The van der Waals surface area contributed by atoms with Crippen molar-refractivity contribution in [3.8, 4) is 0 Å². The van der Waals surface area contributed by atoms with Crippen LogP contribution in [0.15, 0.2) is 18.2 Å². The highest BCUT2D eigenvalue weighted by atomic mass is 35.5. The summed E-state index contributed by atoms with van der Waals surface area (Å²) >= 11 is 12.0. The Kier molecular flexibility index (Phi) is 2.08. The van der Waals surface area contributed by atoms with Gasteiger partial charge in [0.2, 0.25) is 0 Å². The Morgan fingerprint density at radius 1 is 1.33 bits per heavy atom. The van der Waals surface area contributed by atoms with Gasteiger partial charge in [-0.05, 0) is 43.5 Å². The molecule has 0 radical (unpaired) electrons. The van der Waals surface area contributed by atoms with Gasteiger partial charge in [0.15, 0.2) is 0 Å². The lowest BCUT2D eigenvalue weighted by molar-refractivity contribution is 0.520. The highest BCUT2D eigenvalue weighted by Gasteiger charge is 2.62. The number of halogens is 2. The van der Waals surface area contributed by atoms with E-state index in [1.54, 1.807) is 0 Å². The Balaban J connectivity index is 2.03. The summed E-state index contributed by atoms with van der Waals surface area (Å²) in [4.78, 5) is 0. The van der Waals surface area contributed by atoms with Crippen molar-refractivity contribution in [3.05, 3.63) is 33.8 Å². The number of nitrogens with one attached hydrogen (secondary N) is 1. The number of hydrogen-bond donors (Lipinski definition) is 1. The molecule has 0 amide bonds. The molecule has 1 aromatic rings. The highest BCUT2D eigenvalue weighted by Crippen LogP contribution is 2.59. The van der Waals surface area contributed by atoms with Crippen LogP contribution >= 0.6 is 23.2 Å². The van der Waals surface area contributed by atoms with Crippen molar-refractivity contribution in [2.75, 3.05) is 6.54 Å². The largest absolute Gasteiger partial charge is 0.313 e. The van der Waals surface area contributed by atoms with Crippen LogP contribution in [0.5, 0.6) is 0 Å². The van der Waals surface area contributed by atoms with Crippen LogP contribution in [0.3, 0.4) is 0 Å². The molecule has 3 rings (SSSR count). The zero-order valence-corrected chi connectivity index (χ0v) is 10.1. The van der Waals surface area contributed by atoms with E-state index in [0.29, 0.717) is 21.5 Å².